The van der Waals surface area contributed by atoms with Gasteiger partial charge in [-0.25, -0.2) is 4.98 Å². The second-order valence-corrected chi connectivity index (χ2v) is 6.18. The molecule has 1 aromatic heterocycles. The van der Waals surface area contributed by atoms with Gasteiger partial charge >= 0.3 is 0 Å². The lowest BCUT2D eigenvalue weighted by Gasteiger charge is -2.24. The van der Waals surface area contributed by atoms with Crippen molar-refractivity contribution in [3.05, 3.63) is 41.4 Å². The van der Waals surface area contributed by atoms with Crippen LogP contribution < -0.4 is 10.1 Å². The number of thiazole rings is 1. The summed E-state index contributed by atoms with van der Waals surface area (Å²) in [5.74, 6) is 0.852. The molecule has 116 valence electrons. The monoisotopic (exact) mass is 317 g/mol. The smallest absolute Gasteiger partial charge is 0.240 e. The van der Waals surface area contributed by atoms with E-state index in [1.54, 1.807) is 13.3 Å². The molecule has 0 radical (unpaired) electrons. The van der Waals surface area contributed by atoms with E-state index in [1.165, 1.54) is 16.9 Å². The van der Waals surface area contributed by atoms with E-state index in [9.17, 15) is 4.79 Å². The van der Waals surface area contributed by atoms with E-state index in [0.717, 1.165) is 25.1 Å². The number of nitrogens with zero attached hydrogens (tertiary/aromatic N) is 2. The Bertz CT molecular complexity index is 613. The van der Waals surface area contributed by atoms with Gasteiger partial charge in [-0.15, -0.1) is 11.3 Å². The standard InChI is InChI=1S/C16H19N3O2S/c1-21-13-6-4-12(5-7-13)14-3-2-9-19(14)11-15(20)18-16-17-8-10-22-16/h4-8,10,14H,2-3,9,11H2,1H3,(H,17,18,20)/t14-/m0/s1. The average Bonchev–Trinajstić information content (AvgIpc) is 3.19. The predicted octanol–water partition coefficient (Wildman–Crippen LogP) is 2.93. The lowest BCUT2D eigenvalue weighted by molar-refractivity contribution is -0.117. The minimum absolute atomic E-state index is 0.00429. The summed E-state index contributed by atoms with van der Waals surface area (Å²) < 4.78 is 5.20. The van der Waals surface area contributed by atoms with Gasteiger partial charge in [-0.2, -0.15) is 0 Å². The first kappa shape index (κ1) is 15.0. The summed E-state index contributed by atoms with van der Waals surface area (Å²) >= 11 is 1.43. The number of carbonyl (C=O) groups is 1. The number of ether oxygens (including phenoxy) is 1. The molecule has 0 saturated carbocycles. The van der Waals surface area contributed by atoms with Crippen molar-refractivity contribution in [2.45, 2.75) is 18.9 Å². The topological polar surface area (TPSA) is 54.5 Å². The molecule has 1 aromatic carbocycles. The molecule has 1 aliphatic rings. The third-order valence-corrected chi connectivity index (χ3v) is 4.58. The number of nitrogens with one attached hydrogen (secondary N) is 1. The average molecular weight is 317 g/mol. The molecular weight excluding hydrogens is 298 g/mol. The molecule has 1 fully saturated rings. The van der Waals surface area contributed by atoms with Crippen molar-refractivity contribution in [1.29, 1.82) is 0 Å². The summed E-state index contributed by atoms with van der Waals surface area (Å²) in [6.07, 6.45) is 3.88. The zero-order valence-electron chi connectivity index (χ0n) is 12.5. The quantitative estimate of drug-likeness (QED) is 0.921. The first-order valence-corrected chi connectivity index (χ1v) is 8.21. The van der Waals surface area contributed by atoms with Gasteiger partial charge in [0.05, 0.1) is 13.7 Å². The first-order chi connectivity index (χ1) is 10.8. The van der Waals surface area contributed by atoms with Crippen molar-refractivity contribution >= 4 is 22.4 Å². The van der Waals surface area contributed by atoms with Gasteiger partial charge in [0.2, 0.25) is 5.91 Å². The van der Waals surface area contributed by atoms with Crippen LogP contribution in [-0.4, -0.2) is 36.0 Å². The Morgan fingerprint density at radius 2 is 2.27 bits per heavy atom. The van der Waals surface area contributed by atoms with Gasteiger partial charge in [0.1, 0.15) is 5.75 Å². The fourth-order valence-corrected chi connectivity index (χ4v) is 3.39. The Hall–Kier alpha value is -1.92. The second kappa shape index (κ2) is 6.89. The van der Waals surface area contributed by atoms with Crippen LogP contribution in [0.3, 0.4) is 0 Å². The zero-order chi connectivity index (χ0) is 15.4. The van der Waals surface area contributed by atoms with Gasteiger partial charge in [-0.05, 0) is 37.1 Å². The minimum atomic E-state index is -0.00429. The van der Waals surface area contributed by atoms with Crippen LogP contribution in [0.1, 0.15) is 24.4 Å². The van der Waals surface area contributed by atoms with Crippen LogP contribution in [0.4, 0.5) is 5.13 Å². The molecule has 0 unspecified atom stereocenters. The molecule has 0 aliphatic carbocycles. The molecule has 0 spiro atoms. The summed E-state index contributed by atoms with van der Waals surface area (Å²) in [5.41, 5.74) is 1.24. The molecule has 1 aliphatic heterocycles. The Morgan fingerprint density at radius 1 is 1.45 bits per heavy atom. The van der Waals surface area contributed by atoms with E-state index in [4.69, 9.17) is 4.74 Å². The zero-order valence-corrected chi connectivity index (χ0v) is 13.3. The maximum atomic E-state index is 12.1. The molecule has 1 amide bonds. The molecule has 1 atom stereocenters. The molecule has 22 heavy (non-hydrogen) atoms. The lowest BCUT2D eigenvalue weighted by Crippen LogP contribution is -2.32. The molecule has 1 saturated heterocycles. The Labute approximate surface area is 133 Å². The fraction of sp³-hybridized carbons (Fsp3) is 0.375. The number of aromatic nitrogens is 1. The predicted molar refractivity (Wildman–Crippen MR) is 87.3 cm³/mol. The van der Waals surface area contributed by atoms with Crippen LogP contribution >= 0.6 is 11.3 Å². The third-order valence-electron chi connectivity index (χ3n) is 3.89. The van der Waals surface area contributed by atoms with E-state index < -0.39 is 0 Å². The highest BCUT2D eigenvalue weighted by Crippen LogP contribution is 2.32. The van der Waals surface area contributed by atoms with Crippen LogP contribution in [-0.2, 0) is 4.79 Å². The van der Waals surface area contributed by atoms with Crippen LogP contribution in [0, 0.1) is 0 Å². The number of likely N-dealkylation sites (tertiary alicyclic amines) is 1. The van der Waals surface area contributed by atoms with Crippen molar-refractivity contribution in [3.8, 4) is 5.75 Å². The number of rotatable bonds is 5. The van der Waals surface area contributed by atoms with Crippen molar-refractivity contribution in [2.24, 2.45) is 0 Å². The Balaban J connectivity index is 1.63. The third kappa shape index (κ3) is 3.45. The second-order valence-electron chi connectivity index (χ2n) is 5.29. The van der Waals surface area contributed by atoms with Crippen molar-refractivity contribution < 1.29 is 9.53 Å². The summed E-state index contributed by atoms with van der Waals surface area (Å²) in [4.78, 5) is 18.4. The molecule has 2 heterocycles. The molecular formula is C16H19N3O2S. The number of carbonyl (C=O) groups excluding carboxylic acids is 1. The number of amides is 1. The summed E-state index contributed by atoms with van der Waals surface area (Å²) in [5, 5.41) is 5.36. The normalized spacial score (nSPS) is 18.3. The van der Waals surface area contributed by atoms with E-state index >= 15 is 0 Å². The molecule has 5 nitrogen and oxygen atoms in total. The Kier molecular flexibility index (Phi) is 4.70. The molecule has 6 heteroatoms. The van der Waals surface area contributed by atoms with Gasteiger partial charge in [0.15, 0.2) is 5.13 Å². The van der Waals surface area contributed by atoms with Crippen LogP contribution in [0.15, 0.2) is 35.8 Å². The summed E-state index contributed by atoms with van der Waals surface area (Å²) in [6.45, 7) is 1.35. The fourth-order valence-electron chi connectivity index (χ4n) is 2.85. The minimum Gasteiger partial charge on any atom is -0.497 e. The van der Waals surface area contributed by atoms with E-state index in [2.05, 4.69) is 27.3 Å². The highest BCUT2D eigenvalue weighted by Gasteiger charge is 2.27. The summed E-state index contributed by atoms with van der Waals surface area (Å²) in [6, 6.07) is 8.41. The van der Waals surface area contributed by atoms with E-state index in [1.807, 2.05) is 17.5 Å². The van der Waals surface area contributed by atoms with E-state index in [0.29, 0.717) is 17.7 Å². The van der Waals surface area contributed by atoms with Gasteiger partial charge in [0, 0.05) is 17.6 Å². The van der Waals surface area contributed by atoms with Crippen molar-refractivity contribution in [2.75, 3.05) is 25.5 Å². The first-order valence-electron chi connectivity index (χ1n) is 7.33. The SMILES string of the molecule is COc1ccc([C@@H]2CCCN2CC(=O)Nc2nccs2)cc1. The van der Waals surface area contributed by atoms with Gasteiger partial charge in [-0.1, -0.05) is 12.1 Å². The summed E-state index contributed by atoms with van der Waals surface area (Å²) in [7, 11) is 1.67. The number of anilines is 1. The number of benzene rings is 1. The molecule has 3 rings (SSSR count). The lowest BCUT2D eigenvalue weighted by atomic mass is 10.0. The van der Waals surface area contributed by atoms with Crippen LogP contribution in [0.2, 0.25) is 0 Å². The van der Waals surface area contributed by atoms with Crippen molar-refractivity contribution in [3.63, 3.8) is 0 Å². The number of methoxy groups -OCH3 is 1. The number of hydrogen-bond acceptors (Lipinski definition) is 5. The van der Waals surface area contributed by atoms with Gasteiger partial charge < -0.3 is 10.1 Å². The van der Waals surface area contributed by atoms with Crippen LogP contribution in [0.5, 0.6) is 5.75 Å². The maximum absolute atomic E-state index is 12.1. The van der Waals surface area contributed by atoms with Crippen molar-refractivity contribution in [1.82, 2.24) is 9.88 Å². The Morgan fingerprint density at radius 3 is 2.95 bits per heavy atom. The molecule has 0 bridgehead atoms. The molecule has 1 N–H and O–H groups in total. The van der Waals surface area contributed by atoms with E-state index in [-0.39, 0.29) is 5.91 Å². The maximum Gasteiger partial charge on any atom is 0.240 e. The highest BCUT2D eigenvalue weighted by atomic mass is 32.1. The van der Waals surface area contributed by atoms with Crippen LogP contribution in [0.25, 0.3) is 0 Å². The van der Waals surface area contributed by atoms with Gasteiger partial charge in [0.25, 0.3) is 0 Å². The largest absolute Gasteiger partial charge is 0.497 e. The number of hydrogen-bond donors (Lipinski definition) is 1. The van der Waals surface area contributed by atoms with Gasteiger partial charge in [-0.3, -0.25) is 9.69 Å². The molecule has 2 aromatic rings. The highest BCUT2D eigenvalue weighted by molar-refractivity contribution is 7.13.